The van der Waals surface area contributed by atoms with Gasteiger partial charge in [0.1, 0.15) is 6.54 Å². The molecule has 1 atom stereocenters. The van der Waals surface area contributed by atoms with Crippen molar-refractivity contribution in [3.8, 4) is 0 Å². The maximum Gasteiger partial charge on any atom is 0.304 e. The molecule has 7 heteroatoms. The number of nitrogens with one attached hydrogen (secondary N) is 1. The van der Waals surface area contributed by atoms with Gasteiger partial charge in [-0.2, -0.15) is 0 Å². The summed E-state index contributed by atoms with van der Waals surface area (Å²) in [5, 5.41) is 12.4. The van der Waals surface area contributed by atoms with E-state index in [4.69, 9.17) is 0 Å². The average Bonchev–Trinajstić information content (AvgIpc) is 2.83. The predicted octanol–water partition coefficient (Wildman–Crippen LogP) is 2.71. The Balaban J connectivity index is 1.86. The number of rotatable bonds is 9. The quantitative estimate of drug-likeness (QED) is 0.606. The third-order valence-corrected chi connectivity index (χ3v) is 5.45. The molecule has 1 unspecified atom stereocenters. The van der Waals surface area contributed by atoms with Crippen LogP contribution in [0.2, 0.25) is 0 Å². The van der Waals surface area contributed by atoms with Gasteiger partial charge in [0.05, 0.1) is 6.42 Å². The number of hydrogen-bond donors (Lipinski definition) is 2. The van der Waals surface area contributed by atoms with Crippen molar-refractivity contribution in [3.63, 3.8) is 0 Å². The van der Waals surface area contributed by atoms with Crippen LogP contribution in [0.25, 0.3) is 0 Å². The minimum atomic E-state index is -0.939. The summed E-state index contributed by atoms with van der Waals surface area (Å²) in [7, 11) is 4.02. The lowest BCUT2D eigenvalue weighted by Crippen LogP contribution is -2.41. The summed E-state index contributed by atoms with van der Waals surface area (Å²) >= 11 is 0. The maximum atomic E-state index is 13.4. The molecule has 3 rings (SSSR count). The van der Waals surface area contributed by atoms with Crippen LogP contribution in [0.5, 0.6) is 0 Å². The average molecular weight is 424 g/mol. The third-order valence-electron chi connectivity index (χ3n) is 5.45. The number of carbonyl (C=O) groups excluding carboxylic acids is 2. The lowest BCUT2D eigenvalue weighted by atomic mass is 9.86. The van der Waals surface area contributed by atoms with Crippen LogP contribution in [0.15, 0.2) is 48.5 Å². The fourth-order valence-corrected chi connectivity index (χ4v) is 3.98. The SMILES string of the molecule is CN(C)CCCCNC(=O)CN1C(=O)c2ccccc2C(CC(=O)O)c2ccccc21. The van der Waals surface area contributed by atoms with Gasteiger partial charge >= 0.3 is 5.97 Å². The number of unbranched alkanes of at least 4 members (excludes halogenated alkanes) is 1. The molecule has 0 radical (unpaired) electrons. The molecule has 1 aliphatic heterocycles. The number of para-hydroxylation sites is 1. The third kappa shape index (κ3) is 5.49. The molecule has 0 aliphatic carbocycles. The van der Waals surface area contributed by atoms with Crippen molar-refractivity contribution in [1.82, 2.24) is 10.2 Å². The normalized spacial score (nSPS) is 15.3. The lowest BCUT2D eigenvalue weighted by molar-refractivity contribution is -0.137. The number of carbonyl (C=O) groups is 3. The van der Waals surface area contributed by atoms with Crippen molar-refractivity contribution in [2.24, 2.45) is 0 Å². The van der Waals surface area contributed by atoms with E-state index < -0.39 is 11.9 Å². The van der Waals surface area contributed by atoms with Crippen LogP contribution in [0.4, 0.5) is 5.69 Å². The summed E-state index contributed by atoms with van der Waals surface area (Å²) < 4.78 is 0. The summed E-state index contributed by atoms with van der Waals surface area (Å²) in [6.07, 6.45) is 1.70. The first-order chi connectivity index (χ1) is 14.9. The van der Waals surface area contributed by atoms with E-state index in [0.29, 0.717) is 23.4 Å². The van der Waals surface area contributed by atoms with Crippen LogP contribution >= 0.6 is 0 Å². The van der Waals surface area contributed by atoms with Gasteiger partial charge in [0.15, 0.2) is 0 Å². The summed E-state index contributed by atoms with van der Waals surface area (Å²) in [5.74, 6) is -1.93. The monoisotopic (exact) mass is 423 g/mol. The first kappa shape index (κ1) is 22.5. The van der Waals surface area contributed by atoms with E-state index in [1.165, 1.54) is 4.90 Å². The van der Waals surface area contributed by atoms with Crippen LogP contribution in [0.3, 0.4) is 0 Å². The number of amides is 2. The summed E-state index contributed by atoms with van der Waals surface area (Å²) in [4.78, 5) is 41.2. The highest BCUT2D eigenvalue weighted by molar-refractivity contribution is 6.11. The predicted molar refractivity (Wildman–Crippen MR) is 119 cm³/mol. The van der Waals surface area contributed by atoms with E-state index in [1.807, 2.05) is 26.2 Å². The molecule has 2 amide bonds. The lowest BCUT2D eigenvalue weighted by Gasteiger charge is -2.23. The molecule has 0 bridgehead atoms. The van der Waals surface area contributed by atoms with E-state index in [0.717, 1.165) is 24.9 Å². The zero-order valence-electron chi connectivity index (χ0n) is 18.0. The van der Waals surface area contributed by atoms with Crippen molar-refractivity contribution >= 4 is 23.5 Å². The minimum absolute atomic E-state index is 0.113. The molecule has 2 aromatic carbocycles. The number of hydrogen-bond acceptors (Lipinski definition) is 4. The first-order valence-corrected chi connectivity index (χ1v) is 10.5. The molecule has 0 saturated heterocycles. The van der Waals surface area contributed by atoms with Crippen LogP contribution in [0, 0.1) is 0 Å². The van der Waals surface area contributed by atoms with Gasteiger partial charge in [-0.1, -0.05) is 36.4 Å². The number of anilines is 1. The number of fused-ring (bicyclic) bond motifs is 2. The molecule has 0 fully saturated rings. The molecule has 0 spiro atoms. The zero-order valence-corrected chi connectivity index (χ0v) is 18.0. The van der Waals surface area contributed by atoms with Crippen LogP contribution in [-0.2, 0) is 9.59 Å². The molecule has 1 aliphatic rings. The molecule has 2 N–H and O–H groups in total. The van der Waals surface area contributed by atoms with Crippen molar-refractivity contribution < 1.29 is 19.5 Å². The van der Waals surface area contributed by atoms with Crippen molar-refractivity contribution in [1.29, 1.82) is 0 Å². The second-order valence-electron chi connectivity index (χ2n) is 8.05. The summed E-state index contributed by atoms with van der Waals surface area (Å²) in [6.45, 7) is 1.39. The maximum absolute atomic E-state index is 13.4. The Labute approximate surface area is 182 Å². The highest BCUT2D eigenvalue weighted by Crippen LogP contribution is 2.40. The highest BCUT2D eigenvalue weighted by atomic mass is 16.4. The smallest absolute Gasteiger partial charge is 0.304 e. The van der Waals surface area contributed by atoms with E-state index in [1.54, 1.807) is 36.4 Å². The Kier molecular flexibility index (Phi) is 7.41. The Hall–Kier alpha value is -3.19. The van der Waals surface area contributed by atoms with Gasteiger partial charge in [-0.15, -0.1) is 0 Å². The standard InChI is InChI=1S/C24H29N3O4/c1-26(2)14-8-7-13-25-22(28)16-27-21-12-6-5-10-18(21)20(15-23(29)30)17-9-3-4-11-19(17)24(27)31/h3-6,9-12,20H,7-8,13-16H2,1-2H3,(H,25,28)(H,29,30). The molecule has 7 nitrogen and oxygen atoms in total. The summed E-state index contributed by atoms with van der Waals surface area (Å²) in [5.41, 5.74) is 2.43. The fraction of sp³-hybridized carbons (Fsp3) is 0.375. The van der Waals surface area contributed by atoms with Gasteiger partial charge in [0.25, 0.3) is 5.91 Å². The van der Waals surface area contributed by atoms with E-state index >= 15 is 0 Å². The Morgan fingerprint density at radius 2 is 1.71 bits per heavy atom. The fourth-order valence-electron chi connectivity index (χ4n) is 3.98. The largest absolute Gasteiger partial charge is 0.481 e. The number of nitrogens with zero attached hydrogens (tertiary/aromatic N) is 2. The Morgan fingerprint density at radius 3 is 2.42 bits per heavy atom. The summed E-state index contributed by atoms with van der Waals surface area (Å²) in [6, 6.07) is 14.3. The van der Waals surface area contributed by atoms with Gasteiger partial charge in [0, 0.05) is 23.7 Å². The molecule has 0 aromatic heterocycles. The second-order valence-corrected chi connectivity index (χ2v) is 8.05. The second kappa shape index (κ2) is 10.2. The molecular weight excluding hydrogens is 394 g/mol. The number of benzene rings is 2. The Bertz CT molecular complexity index is 957. The Morgan fingerprint density at radius 1 is 1.03 bits per heavy atom. The van der Waals surface area contributed by atoms with Crippen LogP contribution in [0.1, 0.15) is 46.7 Å². The number of carboxylic acid groups (broad SMARTS) is 1. The molecular formula is C24H29N3O4. The van der Waals surface area contributed by atoms with E-state index in [-0.39, 0.29) is 24.8 Å². The topological polar surface area (TPSA) is 90.0 Å². The first-order valence-electron chi connectivity index (χ1n) is 10.5. The van der Waals surface area contributed by atoms with Gasteiger partial charge < -0.3 is 15.3 Å². The number of aliphatic carboxylic acids is 1. The van der Waals surface area contributed by atoms with Crippen molar-refractivity contribution in [2.75, 3.05) is 38.6 Å². The molecule has 2 aromatic rings. The van der Waals surface area contributed by atoms with Gasteiger partial charge in [-0.05, 0) is 56.7 Å². The molecule has 1 heterocycles. The zero-order chi connectivity index (χ0) is 22.4. The molecule has 0 saturated carbocycles. The van der Waals surface area contributed by atoms with Gasteiger partial charge in [-0.3, -0.25) is 19.3 Å². The van der Waals surface area contributed by atoms with E-state index in [9.17, 15) is 19.5 Å². The number of carboxylic acids is 1. The van der Waals surface area contributed by atoms with Gasteiger partial charge in [-0.25, -0.2) is 0 Å². The molecule has 164 valence electrons. The highest BCUT2D eigenvalue weighted by Gasteiger charge is 2.34. The van der Waals surface area contributed by atoms with Crippen molar-refractivity contribution in [2.45, 2.75) is 25.2 Å². The van der Waals surface area contributed by atoms with Crippen LogP contribution < -0.4 is 10.2 Å². The molecule has 31 heavy (non-hydrogen) atoms. The van der Waals surface area contributed by atoms with Crippen molar-refractivity contribution in [3.05, 3.63) is 65.2 Å². The van der Waals surface area contributed by atoms with Crippen LogP contribution in [-0.4, -0.2) is 61.5 Å². The van der Waals surface area contributed by atoms with E-state index in [2.05, 4.69) is 10.2 Å². The minimum Gasteiger partial charge on any atom is -0.481 e. The van der Waals surface area contributed by atoms with Gasteiger partial charge in [0.2, 0.25) is 5.91 Å².